The standard InChI is InChI=1S/C30H26F5N5O3/c31-29(32)8-11-40(12-9-29)28(42)19-3-4-24(38-17-19)20-13-21-14-22(43-27(21)23(15-20)30(33,34)35)7-10-37-26(41)6-2-18-1-5-25(36)39-16-18/h1-6,13-17H,7-12H2,(H2,36,39)(H,37,41)/b6-2+. The van der Waals surface area contributed by atoms with Crippen LogP contribution < -0.4 is 11.1 Å². The summed E-state index contributed by atoms with van der Waals surface area (Å²) in [5.74, 6) is -3.09. The quantitative estimate of drug-likeness (QED) is 0.207. The Hall–Kier alpha value is -4.81. The highest BCUT2D eigenvalue weighted by Gasteiger charge is 2.36. The number of piperidine rings is 1. The predicted octanol–water partition coefficient (Wildman–Crippen LogP) is 5.73. The largest absolute Gasteiger partial charge is 0.460 e. The first-order valence-corrected chi connectivity index (χ1v) is 13.3. The number of pyridine rings is 2. The maximum Gasteiger partial charge on any atom is 0.420 e. The molecule has 1 saturated heterocycles. The van der Waals surface area contributed by atoms with Gasteiger partial charge in [-0.2, -0.15) is 13.2 Å². The van der Waals surface area contributed by atoms with E-state index in [0.29, 0.717) is 11.4 Å². The van der Waals surface area contributed by atoms with Crippen LogP contribution in [-0.4, -0.2) is 52.2 Å². The van der Waals surface area contributed by atoms with E-state index in [2.05, 4.69) is 15.3 Å². The number of anilines is 1. The first-order chi connectivity index (χ1) is 20.4. The molecule has 1 aliphatic rings. The van der Waals surface area contributed by atoms with Crippen molar-refractivity contribution in [2.75, 3.05) is 25.4 Å². The molecule has 1 fully saturated rings. The number of nitrogens with one attached hydrogen (secondary N) is 1. The third-order valence-corrected chi connectivity index (χ3v) is 6.97. The minimum absolute atomic E-state index is 0.0935. The van der Waals surface area contributed by atoms with Crippen LogP contribution in [0.5, 0.6) is 0 Å². The number of fused-ring (bicyclic) bond motifs is 1. The lowest BCUT2D eigenvalue weighted by Crippen LogP contribution is -2.42. The van der Waals surface area contributed by atoms with Crippen molar-refractivity contribution in [1.29, 1.82) is 0 Å². The minimum atomic E-state index is -4.73. The molecule has 43 heavy (non-hydrogen) atoms. The maximum absolute atomic E-state index is 14.0. The number of halogens is 5. The molecule has 0 unspecified atom stereocenters. The van der Waals surface area contributed by atoms with Gasteiger partial charge in [0.15, 0.2) is 0 Å². The number of nitrogens with zero attached hydrogens (tertiary/aromatic N) is 3. The topological polar surface area (TPSA) is 114 Å². The molecule has 1 aliphatic heterocycles. The average Bonchev–Trinajstić information content (AvgIpc) is 3.38. The molecule has 4 heterocycles. The lowest BCUT2D eigenvalue weighted by Gasteiger charge is -2.31. The average molecular weight is 600 g/mol. The van der Waals surface area contributed by atoms with Crippen molar-refractivity contribution in [3.8, 4) is 11.3 Å². The van der Waals surface area contributed by atoms with E-state index in [9.17, 15) is 31.5 Å². The van der Waals surface area contributed by atoms with Crippen LogP contribution in [-0.2, 0) is 17.4 Å². The fourth-order valence-corrected chi connectivity index (χ4v) is 4.65. The van der Waals surface area contributed by atoms with Crippen LogP contribution in [0.15, 0.2) is 65.4 Å². The van der Waals surface area contributed by atoms with E-state index < -0.39 is 42.3 Å². The summed E-state index contributed by atoms with van der Waals surface area (Å²) in [5, 5.41) is 2.84. The molecule has 0 radical (unpaired) electrons. The number of benzene rings is 1. The van der Waals surface area contributed by atoms with Crippen LogP contribution in [0, 0.1) is 0 Å². The Labute approximate surface area is 242 Å². The van der Waals surface area contributed by atoms with Crippen molar-refractivity contribution in [3.63, 3.8) is 0 Å². The molecule has 4 aromatic rings. The second kappa shape index (κ2) is 11.8. The first-order valence-electron chi connectivity index (χ1n) is 13.3. The Kier molecular flexibility index (Phi) is 8.16. The molecule has 3 N–H and O–H groups in total. The van der Waals surface area contributed by atoms with E-state index in [4.69, 9.17) is 10.2 Å². The van der Waals surface area contributed by atoms with Crippen LogP contribution in [0.4, 0.5) is 27.8 Å². The lowest BCUT2D eigenvalue weighted by atomic mass is 10.0. The number of rotatable bonds is 7. The number of aromatic nitrogens is 2. The number of hydrogen-bond acceptors (Lipinski definition) is 6. The van der Waals surface area contributed by atoms with Gasteiger partial charge in [0.2, 0.25) is 5.91 Å². The second-order valence-corrected chi connectivity index (χ2v) is 10.1. The molecule has 2 amide bonds. The Morgan fingerprint density at radius 2 is 1.81 bits per heavy atom. The molecule has 0 aliphatic carbocycles. The SMILES string of the molecule is Nc1ccc(/C=C/C(=O)NCCc2cc3cc(-c4ccc(C(=O)N5CCC(F)(F)CC5)cn4)cc(C(F)(F)F)c3o2)cn1. The van der Waals surface area contributed by atoms with Gasteiger partial charge in [-0.15, -0.1) is 0 Å². The van der Waals surface area contributed by atoms with Gasteiger partial charge in [-0.1, -0.05) is 0 Å². The fraction of sp³-hybridized carbons (Fsp3) is 0.267. The van der Waals surface area contributed by atoms with E-state index in [0.717, 1.165) is 6.07 Å². The van der Waals surface area contributed by atoms with Crippen LogP contribution >= 0.6 is 0 Å². The summed E-state index contributed by atoms with van der Waals surface area (Å²) < 4.78 is 74.4. The second-order valence-electron chi connectivity index (χ2n) is 10.1. The summed E-state index contributed by atoms with van der Waals surface area (Å²) in [7, 11) is 0. The number of alkyl halides is 5. The van der Waals surface area contributed by atoms with Gasteiger partial charge in [0, 0.05) is 68.3 Å². The third-order valence-electron chi connectivity index (χ3n) is 6.97. The highest BCUT2D eigenvalue weighted by atomic mass is 19.4. The Morgan fingerprint density at radius 3 is 2.47 bits per heavy atom. The molecular weight excluding hydrogens is 573 g/mol. The molecular formula is C30H26F5N5O3. The van der Waals surface area contributed by atoms with Gasteiger partial charge in [0.05, 0.1) is 16.8 Å². The lowest BCUT2D eigenvalue weighted by molar-refractivity contribution is -0.136. The Morgan fingerprint density at radius 1 is 1.05 bits per heavy atom. The van der Waals surface area contributed by atoms with Crippen LogP contribution in [0.25, 0.3) is 28.3 Å². The fourth-order valence-electron chi connectivity index (χ4n) is 4.65. The number of nitrogens with two attached hydrogens (primary N) is 1. The predicted molar refractivity (Wildman–Crippen MR) is 149 cm³/mol. The molecule has 8 nitrogen and oxygen atoms in total. The van der Waals surface area contributed by atoms with Gasteiger partial charge in [0.25, 0.3) is 11.8 Å². The zero-order valence-corrected chi connectivity index (χ0v) is 22.6. The zero-order valence-electron chi connectivity index (χ0n) is 22.6. The minimum Gasteiger partial charge on any atom is -0.460 e. The monoisotopic (exact) mass is 599 g/mol. The molecule has 13 heteroatoms. The summed E-state index contributed by atoms with van der Waals surface area (Å²) >= 11 is 0. The number of furan rings is 1. The van der Waals surface area contributed by atoms with Crippen molar-refractivity contribution in [2.45, 2.75) is 31.4 Å². The van der Waals surface area contributed by atoms with Crippen LogP contribution in [0.1, 0.15) is 40.1 Å². The summed E-state index contributed by atoms with van der Waals surface area (Å²) in [4.78, 5) is 34.3. The maximum atomic E-state index is 14.0. The van der Waals surface area contributed by atoms with E-state index in [1.165, 1.54) is 47.6 Å². The highest BCUT2D eigenvalue weighted by Crippen LogP contribution is 2.39. The van der Waals surface area contributed by atoms with Gasteiger partial charge < -0.3 is 20.4 Å². The molecule has 1 aromatic carbocycles. The van der Waals surface area contributed by atoms with Crippen molar-refractivity contribution >= 4 is 34.7 Å². The molecule has 0 atom stereocenters. The number of hydrogen-bond donors (Lipinski definition) is 2. The van der Waals surface area contributed by atoms with Gasteiger partial charge in [0.1, 0.15) is 17.2 Å². The number of likely N-dealkylation sites (tertiary alicyclic amines) is 1. The van der Waals surface area contributed by atoms with Gasteiger partial charge in [-0.3, -0.25) is 14.6 Å². The van der Waals surface area contributed by atoms with Gasteiger partial charge in [-0.05, 0) is 54.1 Å². The summed E-state index contributed by atoms with van der Waals surface area (Å²) in [5.41, 5.74) is 5.35. The van der Waals surface area contributed by atoms with E-state index in [1.54, 1.807) is 18.2 Å². The molecule has 0 spiro atoms. The smallest absolute Gasteiger partial charge is 0.420 e. The number of carbonyl (C=O) groups is 2. The van der Waals surface area contributed by atoms with Gasteiger partial charge >= 0.3 is 6.18 Å². The molecule has 224 valence electrons. The normalized spacial score (nSPS) is 15.2. The number of carbonyl (C=O) groups excluding carboxylic acids is 2. The van der Waals surface area contributed by atoms with Crippen molar-refractivity contribution < 1.29 is 36.0 Å². The van der Waals surface area contributed by atoms with E-state index in [-0.39, 0.29) is 59.6 Å². The van der Waals surface area contributed by atoms with Crippen molar-refractivity contribution in [3.05, 3.63) is 83.4 Å². The van der Waals surface area contributed by atoms with Crippen LogP contribution in [0.3, 0.4) is 0 Å². The highest BCUT2D eigenvalue weighted by molar-refractivity contribution is 5.94. The zero-order chi connectivity index (χ0) is 30.8. The summed E-state index contributed by atoms with van der Waals surface area (Å²) in [6.45, 7) is -0.0731. The summed E-state index contributed by atoms with van der Waals surface area (Å²) in [6.07, 6.45) is 0.135. The van der Waals surface area contributed by atoms with Crippen molar-refractivity contribution in [2.24, 2.45) is 0 Å². The Bertz CT molecular complexity index is 1650. The number of amides is 2. The van der Waals surface area contributed by atoms with E-state index in [1.807, 2.05) is 0 Å². The van der Waals surface area contributed by atoms with Gasteiger partial charge in [-0.25, -0.2) is 13.8 Å². The Balaban J connectivity index is 1.29. The molecule has 0 saturated carbocycles. The number of nitrogen functional groups attached to an aromatic ring is 1. The van der Waals surface area contributed by atoms with Crippen LogP contribution in [0.2, 0.25) is 0 Å². The molecule has 0 bridgehead atoms. The molecule has 3 aromatic heterocycles. The molecule has 5 rings (SSSR count). The third kappa shape index (κ3) is 7.16. The first kappa shape index (κ1) is 29.7. The van der Waals surface area contributed by atoms with Crippen molar-refractivity contribution in [1.82, 2.24) is 20.2 Å². The van der Waals surface area contributed by atoms with E-state index >= 15 is 0 Å². The summed E-state index contributed by atoms with van der Waals surface area (Å²) in [6, 6.07) is 10.0.